The Morgan fingerprint density at radius 3 is 2.23 bits per heavy atom. The summed E-state index contributed by atoms with van der Waals surface area (Å²) in [7, 11) is 0. The summed E-state index contributed by atoms with van der Waals surface area (Å²) in [6.45, 7) is 0.491. The fourth-order valence-corrected chi connectivity index (χ4v) is 4.56. The van der Waals surface area contributed by atoms with Gasteiger partial charge in [-0.3, -0.25) is 4.79 Å². The number of fused-ring (bicyclic) bond motifs is 1. The molecule has 154 valence electrons. The summed E-state index contributed by atoms with van der Waals surface area (Å²) in [6.07, 6.45) is 0.699. The minimum atomic E-state index is -4.36. The summed E-state index contributed by atoms with van der Waals surface area (Å²) < 4.78 is 37.8. The summed E-state index contributed by atoms with van der Waals surface area (Å²) in [5.74, 6) is -0.238. The Morgan fingerprint density at radius 1 is 0.933 bits per heavy atom. The zero-order valence-electron chi connectivity index (χ0n) is 15.7. The maximum absolute atomic E-state index is 13.4. The van der Waals surface area contributed by atoms with Gasteiger partial charge in [0.1, 0.15) is 0 Å². The van der Waals surface area contributed by atoms with Crippen LogP contribution in [0.1, 0.15) is 33.1 Å². The second-order valence-electron chi connectivity index (χ2n) is 6.94. The molecule has 1 amide bonds. The molecule has 0 radical (unpaired) electrons. The number of carbonyl (C=O) groups is 1. The molecule has 0 unspecified atom stereocenters. The molecule has 1 atom stereocenters. The van der Waals surface area contributed by atoms with Gasteiger partial charge in [0, 0.05) is 22.0 Å². The molecule has 0 bridgehead atoms. The van der Waals surface area contributed by atoms with Gasteiger partial charge in [-0.25, -0.2) is 0 Å². The molecule has 1 heterocycles. The number of thioether (sulfide) groups is 1. The van der Waals surface area contributed by atoms with Crippen LogP contribution in [0.4, 0.5) is 13.2 Å². The van der Waals surface area contributed by atoms with E-state index in [0.29, 0.717) is 23.6 Å². The van der Waals surface area contributed by atoms with E-state index in [1.54, 1.807) is 11.0 Å². The van der Waals surface area contributed by atoms with Crippen LogP contribution in [0.2, 0.25) is 5.02 Å². The van der Waals surface area contributed by atoms with E-state index in [4.69, 9.17) is 11.6 Å². The van der Waals surface area contributed by atoms with Crippen molar-refractivity contribution < 1.29 is 18.0 Å². The smallest absolute Gasteiger partial charge is 0.327 e. The number of carbonyl (C=O) groups excluding carboxylic acids is 1. The number of rotatable bonds is 3. The van der Waals surface area contributed by atoms with E-state index >= 15 is 0 Å². The van der Waals surface area contributed by atoms with Crippen LogP contribution in [0.15, 0.2) is 77.7 Å². The molecule has 3 aromatic rings. The lowest BCUT2D eigenvalue weighted by atomic mass is 9.87. The van der Waals surface area contributed by atoms with Gasteiger partial charge in [0.15, 0.2) is 0 Å². The van der Waals surface area contributed by atoms with Crippen molar-refractivity contribution in [2.24, 2.45) is 0 Å². The molecule has 7 heteroatoms. The van der Waals surface area contributed by atoms with Crippen molar-refractivity contribution in [1.82, 2.24) is 4.90 Å². The summed E-state index contributed by atoms with van der Waals surface area (Å²) >= 11 is 6.28. The van der Waals surface area contributed by atoms with Gasteiger partial charge in [-0.15, -0.1) is 0 Å². The zero-order chi connectivity index (χ0) is 21.3. The first kappa shape index (κ1) is 20.8. The summed E-state index contributed by atoms with van der Waals surface area (Å²) in [5, 5.41) is 0.564. The molecule has 0 saturated heterocycles. The number of hydrogen-bond donors (Lipinski definition) is 0. The van der Waals surface area contributed by atoms with E-state index in [0.717, 1.165) is 16.7 Å². The highest BCUT2D eigenvalue weighted by Gasteiger charge is 2.34. The Morgan fingerprint density at radius 2 is 1.57 bits per heavy atom. The van der Waals surface area contributed by atoms with Gasteiger partial charge in [-0.2, -0.15) is 13.2 Å². The topological polar surface area (TPSA) is 20.3 Å². The van der Waals surface area contributed by atoms with E-state index in [2.05, 4.69) is 0 Å². The zero-order valence-corrected chi connectivity index (χ0v) is 17.3. The average Bonchev–Trinajstić information content (AvgIpc) is 2.72. The Hall–Kier alpha value is -2.44. The van der Waals surface area contributed by atoms with E-state index in [-0.39, 0.29) is 28.6 Å². The second-order valence-corrected chi connectivity index (χ2v) is 8.49. The summed E-state index contributed by atoms with van der Waals surface area (Å²) in [6, 6.07) is 20.5. The molecular formula is C23H17ClF3NOS. The van der Waals surface area contributed by atoms with E-state index in [1.807, 2.05) is 42.5 Å². The molecule has 1 aliphatic heterocycles. The van der Waals surface area contributed by atoms with Gasteiger partial charge in [0.2, 0.25) is 0 Å². The molecule has 4 rings (SSSR count). The number of amides is 1. The second kappa shape index (κ2) is 8.36. The molecule has 0 spiro atoms. The summed E-state index contributed by atoms with van der Waals surface area (Å²) in [5.41, 5.74) is -1.03. The van der Waals surface area contributed by atoms with E-state index in [9.17, 15) is 18.0 Å². The van der Waals surface area contributed by atoms with Gasteiger partial charge < -0.3 is 4.90 Å². The third kappa shape index (κ3) is 4.35. The normalized spacial score (nSPS) is 16.3. The number of benzene rings is 3. The van der Waals surface area contributed by atoms with Crippen molar-refractivity contribution >= 4 is 29.3 Å². The van der Waals surface area contributed by atoms with Crippen LogP contribution >= 0.6 is 23.4 Å². The molecule has 0 N–H and O–H groups in total. The van der Waals surface area contributed by atoms with Gasteiger partial charge >= 0.3 is 5.51 Å². The van der Waals surface area contributed by atoms with Crippen molar-refractivity contribution in [2.45, 2.75) is 22.9 Å². The fourth-order valence-electron chi connectivity index (χ4n) is 3.78. The Balaban J connectivity index is 1.70. The Bertz CT molecular complexity index is 1070. The lowest BCUT2D eigenvalue weighted by Gasteiger charge is -2.38. The van der Waals surface area contributed by atoms with Crippen LogP contribution in [0.25, 0.3) is 0 Å². The van der Waals surface area contributed by atoms with Crippen LogP contribution in [0, 0.1) is 0 Å². The minimum Gasteiger partial charge on any atom is -0.327 e. The number of nitrogens with zero attached hydrogens (tertiary/aromatic N) is 1. The highest BCUT2D eigenvalue weighted by Crippen LogP contribution is 2.40. The van der Waals surface area contributed by atoms with Crippen molar-refractivity contribution in [3.05, 3.63) is 100 Å². The van der Waals surface area contributed by atoms with Gasteiger partial charge in [-0.05, 0) is 65.2 Å². The minimum absolute atomic E-state index is 0.0469. The van der Waals surface area contributed by atoms with Crippen LogP contribution in [0.5, 0.6) is 0 Å². The molecule has 0 aromatic heterocycles. The van der Waals surface area contributed by atoms with Gasteiger partial charge in [-0.1, -0.05) is 54.1 Å². The maximum atomic E-state index is 13.4. The SMILES string of the molecule is O=C(c1ccc(SC(F)(F)F)cc1)N1CCc2ccccc2[C@H]1c1ccccc1Cl. The summed E-state index contributed by atoms with van der Waals surface area (Å²) in [4.78, 5) is 15.1. The van der Waals surface area contributed by atoms with Crippen molar-refractivity contribution in [2.75, 3.05) is 6.54 Å². The van der Waals surface area contributed by atoms with Crippen molar-refractivity contribution in [3.63, 3.8) is 0 Å². The predicted molar refractivity (Wildman–Crippen MR) is 113 cm³/mol. The van der Waals surface area contributed by atoms with Crippen LogP contribution < -0.4 is 0 Å². The quantitative estimate of drug-likeness (QED) is 0.414. The Labute approximate surface area is 181 Å². The molecule has 2 nitrogen and oxygen atoms in total. The van der Waals surface area contributed by atoms with E-state index < -0.39 is 5.51 Å². The lowest BCUT2D eigenvalue weighted by Crippen LogP contribution is -2.40. The highest BCUT2D eigenvalue weighted by atomic mass is 35.5. The standard InChI is InChI=1S/C23H17ClF3NOS/c24-20-8-4-3-7-19(20)21-18-6-2-1-5-15(18)13-14-28(21)22(29)16-9-11-17(12-10-16)30-23(25,26)27/h1-12,21H,13-14H2/t21-/m0/s1. The lowest BCUT2D eigenvalue weighted by molar-refractivity contribution is -0.0328. The first-order chi connectivity index (χ1) is 14.3. The van der Waals surface area contributed by atoms with Crippen molar-refractivity contribution in [1.29, 1.82) is 0 Å². The third-order valence-corrected chi connectivity index (χ3v) is 6.16. The predicted octanol–water partition coefficient (Wildman–Crippen LogP) is 6.74. The highest BCUT2D eigenvalue weighted by molar-refractivity contribution is 8.00. The molecular weight excluding hydrogens is 431 g/mol. The largest absolute Gasteiger partial charge is 0.446 e. The Kier molecular flexibility index (Phi) is 5.80. The molecule has 0 aliphatic carbocycles. The van der Waals surface area contributed by atoms with Crippen LogP contribution in [0.3, 0.4) is 0 Å². The van der Waals surface area contributed by atoms with Gasteiger partial charge in [0.05, 0.1) is 6.04 Å². The van der Waals surface area contributed by atoms with Crippen LogP contribution in [-0.4, -0.2) is 22.9 Å². The van der Waals surface area contributed by atoms with E-state index in [1.165, 1.54) is 24.3 Å². The number of hydrogen-bond acceptors (Lipinski definition) is 2. The van der Waals surface area contributed by atoms with Crippen LogP contribution in [-0.2, 0) is 6.42 Å². The first-order valence-electron chi connectivity index (χ1n) is 9.32. The molecule has 30 heavy (non-hydrogen) atoms. The number of alkyl halides is 3. The van der Waals surface area contributed by atoms with Crippen molar-refractivity contribution in [3.8, 4) is 0 Å². The third-order valence-electron chi connectivity index (χ3n) is 5.08. The molecule has 0 saturated carbocycles. The average molecular weight is 448 g/mol. The first-order valence-corrected chi connectivity index (χ1v) is 10.5. The molecule has 3 aromatic carbocycles. The molecule has 1 aliphatic rings. The molecule has 0 fully saturated rings. The number of halogens is 4. The fraction of sp³-hybridized carbons (Fsp3) is 0.174. The van der Waals surface area contributed by atoms with Gasteiger partial charge in [0.25, 0.3) is 5.91 Å². The monoisotopic (exact) mass is 447 g/mol. The maximum Gasteiger partial charge on any atom is 0.446 e.